The third-order valence-corrected chi connectivity index (χ3v) is 6.96. The van der Waals surface area contributed by atoms with E-state index in [4.69, 9.17) is 9.47 Å². The van der Waals surface area contributed by atoms with Crippen LogP contribution in [0.1, 0.15) is 89.9 Å². The van der Waals surface area contributed by atoms with E-state index in [1.54, 1.807) is 6.08 Å². The number of ether oxygens (including phenoxy) is 3. The number of ketones is 1. The Morgan fingerprint density at radius 1 is 1.06 bits per heavy atom. The zero-order valence-electron chi connectivity index (χ0n) is 20.7. The average Bonchev–Trinajstić information content (AvgIpc) is 3.37. The first-order valence-electron chi connectivity index (χ1n) is 12.9. The van der Waals surface area contributed by atoms with Crippen molar-refractivity contribution in [3.8, 4) is 0 Å². The molecule has 1 N–H and O–H groups in total. The number of hydrogen-bond acceptors (Lipinski definition) is 6. The maximum atomic E-state index is 12.4. The summed E-state index contributed by atoms with van der Waals surface area (Å²) < 4.78 is 15.7. The van der Waals surface area contributed by atoms with Gasteiger partial charge in [-0.25, -0.2) is 0 Å². The van der Waals surface area contributed by atoms with Gasteiger partial charge >= 0.3 is 11.9 Å². The molecule has 1 unspecified atom stereocenters. The fourth-order valence-electron chi connectivity index (χ4n) is 4.90. The lowest BCUT2D eigenvalue weighted by Crippen LogP contribution is -2.36. The molecule has 1 aliphatic heterocycles. The summed E-state index contributed by atoms with van der Waals surface area (Å²) >= 11 is 0. The normalized spacial score (nSPS) is 21.3. The van der Waals surface area contributed by atoms with Crippen LogP contribution in [0.15, 0.2) is 24.3 Å². The number of unbranched alkanes of at least 4 members (excludes halogenated alkanes) is 4. The SMILES string of the molecule is COC(=O)CC=CCC[C@](C=CCCCCCCOC1CCC(=O)CO1)(C(=O)O)C1CCCC1. The topological polar surface area (TPSA) is 99.1 Å². The molecule has 2 rings (SSSR count). The van der Waals surface area contributed by atoms with E-state index in [-0.39, 0.29) is 37.0 Å². The van der Waals surface area contributed by atoms with Gasteiger partial charge in [-0.2, -0.15) is 0 Å². The van der Waals surface area contributed by atoms with Crippen molar-refractivity contribution in [1.82, 2.24) is 0 Å². The fourth-order valence-corrected chi connectivity index (χ4v) is 4.90. The summed E-state index contributed by atoms with van der Waals surface area (Å²) in [6.07, 6.45) is 19.1. The summed E-state index contributed by atoms with van der Waals surface area (Å²) in [6, 6.07) is 0. The van der Waals surface area contributed by atoms with E-state index >= 15 is 0 Å². The standard InChI is InChI=1S/C27H42O7/c1-32-24(29)15-7-6-11-19-27(26(30)31,22-13-8-9-14-22)18-10-4-2-3-5-12-20-33-25-17-16-23(28)21-34-25/h6-7,10,18,22,25H,2-5,8-9,11-17,19-21H2,1H3,(H,30,31)/t25?,27-/m0/s1. The van der Waals surface area contributed by atoms with Crippen LogP contribution in [-0.4, -0.2) is 49.4 Å². The van der Waals surface area contributed by atoms with Gasteiger partial charge in [-0.05, 0) is 50.9 Å². The van der Waals surface area contributed by atoms with Crippen LogP contribution in [0.4, 0.5) is 0 Å². The van der Waals surface area contributed by atoms with Crippen molar-refractivity contribution in [3.63, 3.8) is 0 Å². The van der Waals surface area contributed by atoms with Gasteiger partial charge in [0.05, 0.1) is 18.9 Å². The molecule has 2 aliphatic rings. The zero-order chi connectivity index (χ0) is 24.7. The molecule has 0 spiro atoms. The van der Waals surface area contributed by atoms with Crippen LogP contribution in [0.3, 0.4) is 0 Å². The van der Waals surface area contributed by atoms with Gasteiger partial charge in [0, 0.05) is 19.4 Å². The van der Waals surface area contributed by atoms with Crippen LogP contribution in [-0.2, 0) is 28.6 Å². The van der Waals surface area contributed by atoms with Crippen molar-refractivity contribution in [2.24, 2.45) is 11.3 Å². The molecule has 7 nitrogen and oxygen atoms in total. The minimum atomic E-state index is -0.832. The molecule has 192 valence electrons. The number of carboxylic acids is 1. The Morgan fingerprint density at radius 3 is 2.50 bits per heavy atom. The van der Waals surface area contributed by atoms with Crippen LogP contribution in [0, 0.1) is 11.3 Å². The monoisotopic (exact) mass is 478 g/mol. The summed E-state index contributed by atoms with van der Waals surface area (Å²) in [5, 5.41) is 10.2. The second kappa shape index (κ2) is 15.8. The predicted molar refractivity (Wildman–Crippen MR) is 129 cm³/mol. The number of aliphatic carboxylic acids is 1. The molecule has 0 aromatic carbocycles. The number of rotatable bonds is 16. The third-order valence-electron chi connectivity index (χ3n) is 6.96. The molecule has 7 heteroatoms. The molecule has 2 atom stereocenters. The van der Waals surface area contributed by atoms with E-state index < -0.39 is 11.4 Å². The molecular formula is C27H42O7. The van der Waals surface area contributed by atoms with E-state index in [2.05, 4.69) is 10.8 Å². The van der Waals surface area contributed by atoms with Gasteiger partial charge in [0.25, 0.3) is 0 Å². The lowest BCUT2D eigenvalue weighted by molar-refractivity contribution is -0.172. The molecule has 0 radical (unpaired) electrons. The smallest absolute Gasteiger partial charge is 0.313 e. The quantitative estimate of drug-likeness (QED) is 0.181. The molecule has 1 heterocycles. The maximum Gasteiger partial charge on any atom is 0.313 e. The first-order chi connectivity index (χ1) is 16.5. The highest BCUT2D eigenvalue weighted by molar-refractivity contribution is 5.80. The molecular weight excluding hydrogens is 436 g/mol. The van der Waals surface area contributed by atoms with Crippen molar-refractivity contribution < 1.29 is 33.7 Å². The van der Waals surface area contributed by atoms with E-state index in [0.717, 1.165) is 57.8 Å². The van der Waals surface area contributed by atoms with Gasteiger partial charge in [-0.15, -0.1) is 0 Å². The van der Waals surface area contributed by atoms with Gasteiger partial charge < -0.3 is 19.3 Å². The average molecular weight is 479 g/mol. The first kappa shape index (κ1) is 28.2. The van der Waals surface area contributed by atoms with Crippen molar-refractivity contribution in [2.45, 2.75) is 96.2 Å². The molecule has 1 aliphatic carbocycles. The number of allylic oxidation sites excluding steroid dienone is 2. The van der Waals surface area contributed by atoms with Gasteiger partial charge in [0.15, 0.2) is 12.1 Å². The van der Waals surface area contributed by atoms with Crippen molar-refractivity contribution in [1.29, 1.82) is 0 Å². The highest BCUT2D eigenvalue weighted by atomic mass is 16.7. The summed E-state index contributed by atoms with van der Waals surface area (Å²) in [5.41, 5.74) is -0.832. The molecule has 1 saturated heterocycles. The van der Waals surface area contributed by atoms with Crippen molar-refractivity contribution in [3.05, 3.63) is 24.3 Å². The second-order valence-corrected chi connectivity index (χ2v) is 9.41. The van der Waals surface area contributed by atoms with Crippen LogP contribution in [0.25, 0.3) is 0 Å². The zero-order valence-corrected chi connectivity index (χ0v) is 20.7. The Balaban J connectivity index is 1.72. The Bertz CT molecular complexity index is 683. The highest BCUT2D eigenvalue weighted by Gasteiger charge is 2.43. The predicted octanol–water partition coefficient (Wildman–Crippen LogP) is 5.38. The number of hydrogen-bond donors (Lipinski definition) is 1. The Morgan fingerprint density at radius 2 is 1.82 bits per heavy atom. The van der Waals surface area contributed by atoms with Gasteiger partial charge in [-0.1, -0.05) is 50.0 Å². The van der Waals surface area contributed by atoms with E-state index in [9.17, 15) is 19.5 Å². The van der Waals surface area contributed by atoms with Crippen LogP contribution in [0.5, 0.6) is 0 Å². The number of Topliss-reactive ketones (excluding diaryl/α,β-unsaturated/α-hetero) is 1. The molecule has 2 fully saturated rings. The summed E-state index contributed by atoms with van der Waals surface area (Å²) in [4.78, 5) is 34.8. The Labute approximate surface area is 203 Å². The van der Waals surface area contributed by atoms with E-state index in [0.29, 0.717) is 32.3 Å². The van der Waals surface area contributed by atoms with E-state index in [1.807, 2.05) is 12.2 Å². The van der Waals surface area contributed by atoms with Gasteiger partial charge in [0.1, 0.15) is 6.61 Å². The summed E-state index contributed by atoms with van der Waals surface area (Å²) in [5.74, 6) is -0.713. The summed E-state index contributed by atoms with van der Waals surface area (Å²) in [6.45, 7) is 0.807. The number of carboxylic acid groups (broad SMARTS) is 1. The fraction of sp³-hybridized carbons (Fsp3) is 0.741. The first-order valence-corrected chi connectivity index (χ1v) is 12.9. The Hall–Kier alpha value is -1.99. The Kier molecular flexibility index (Phi) is 13.1. The third kappa shape index (κ3) is 9.71. The molecule has 0 bridgehead atoms. The molecule has 0 aromatic rings. The summed E-state index contributed by atoms with van der Waals surface area (Å²) in [7, 11) is 1.36. The number of esters is 1. The van der Waals surface area contributed by atoms with Gasteiger partial charge in [-0.3, -0.25) is 14.4 Å². The lowest BCUT2D eigenvalue weighted by Gasteiger charge is -2.32. The lowest BCUT2D eigenvalue weighted by atomic mass is 9.70. The number of carbonyl (C=O) groups excluding carboxylic acids is 2. The molecule has 0 amide bonds. The maximum absolute atomic E-state index is 12.4. The van der Waals surface area contributed by atoms with Crippen LogP contribution in [0.2, 0.25) is 0 Å². The minimum absolute atomic E-state index is 0.141. The number of carbonyl (C=O) groups is 3. The van der Waals surface area contributed by atoms with Crippen LogP contribution < -0.4 is 0 Å². The minimum Gasteiger partial charge on any atom is -0.481 e. The van der Waals surface area contributed by atoms with E-state index in [1.165, 1.54) is 7.11 Å². The second-order valence-electron chi connectivity index (χ2n) is 9.41. The van der Waals surface area contributed by atoms with Crippen molar-refractivity contribution >= 4 is 17.7 Å². The molecule has 0 aromatic heterocycles. The van der Waals surface area contributed by atoms with Crippen LogP contribution >= 0.6 is 0 Å². The van der Waals surface area contributed by atoms with Gasteiger partial charge in [0.2, 0.25) is 0 Å². The number of methoxy groups -OCH3 is 1. The highest BCUT2D eigenvalue weighted by Crippen LogP contribution is 2.45. The van der Waals surface area contributed by atoms with Crippen molar-refractivity contribution in [2.75, 3.05) is 20.3 Å². The largest absolute Gasteiger partial charge is 0.481 e. The molecule has 1 saturated carbocycles. The molecule has 34 heavy (non-hydrogen) atoms.